The number of hydrogen-bond donors (Lipinski definition) is 1. The Bertz CT molecular complexity index is 4810. The van der Waals surface area contributed by atoms with E-state index in [2.05, 4.69) is 108 Å². The van der Waals surface area contributed by atoms with Crippen LogP contribution in [0.4, 0.5) is 37.2 Å². The Balaban J connectivity index is 0.000000174. The molecule has 24 nitrogen and oxygen atoms in total. The van der Waals surface area contributed by atoms with Crippen LogP contribution < -0.4 is 0 Å². The fourth-order valence-corrected chi connectivity index (χ4v) is 9.29. The van der Waals surface area contributed by atoms with Gasteiger partial charge in [0.15, 0.2) is 28.4 Å². The summed E-state index contributed by atoms with van der Waals surface area (Å²) in [6, 6.07) is 70.7. The zero-order valence-electron chi connectivity index (χ0n) is 55.3. The van der Waals surface area contributed by atoms with Crippen molar-refractivity contribution in [1.82, 2.24) is 74.2 Å². The van der Waals surface area contributed by atoms with Crippen LogP contribution in [-0.4, -0.2) is 74.2 Å². The van der Waals surface area contributed by atoms with Gasteiger partial charge >= 0.3 is 0 Å². The molecule has 0 radical (unpaired) electrons. The maximum Gasteiger partial charge on any atom is 0.187 e. The minimum absolute atomic E-state index is 0.0949. The van der Waals surface area contributed by atoms with Crippen LogP contribution in [0.1, 0.15) is 73.3 Å². The second kappa shape index (κ2) is 43.0. The van der Waals surface area contributed by atoms with Crippen molar-refractivity contribution < 1.29 is 8.78 Å². The Morgan fingerprint density at radius 2 is 0.724 bits per heavy atom. The Hall–Kier alpha value is -15.6. The highest BCUT2D eigenvalue weighted by Crippen LogP contribution is 2.30. The Kier molecular flexibility index (Phi) is 31.4. The summed E-state index contributed by atoms with van der Waals surface area (Å²) in [7, 11) is 0. The first-order valence-electron chi connectivity index (χ1n) is 30.8. The maximum atomic E-state index is 12.1. The van der Waals surface area contributed by atoms with E-state index >= 15 is 0 Å². The van der Waals surface area contributed by atoms with Crippen molar-refractivity contribution in [3.63, 3.8) is 0 Å². The van der Waals surface area contributed by atoms with E-state index in [-0.39, 0.29) is 23.7 Å². The molecule has 105 heavy (non-hydrogen) atoms. The molecule has 1 N–H and O–H groups in total. The number of rotatable bonds is 11. The van der Waals surface area contributed by atoms with Gasteiger partial charge < -0.3 is 9.13 Å². The van der Waals surface area contributed by atoms with Gasteiger partial charge in [-0.15, -0.1) is 20.4 Å². The maximum absolute atomic E-state index is 12.1. The first kappa shape index (κ1) is 76.8. The van der Waals surface area contributed by atoms with E-state index in [0.717, 1.165) is 45.3 Å². The third-order valence-electron chi connectivity index (χ3n) is 14.1. The molecule has 0 bridgehead atoms. The van der Waals surface area contributed by atoms with Gasteiger partial charge in [0.25, 0.3) is 0 Å². The molecule has 0 aliphatic heterocycles. The van der Waals surface area contributed by atoms with Gasteiger partial charge in [0.05, 0.1) is 92.0 Å². The molecule has 5 heterocycles. The van der Waals surface area contributed by atoms with Gasteiger partial charge in [-0.1, -0.05) is 162 Å². The summed E-state index contributed by atoms with van der Waals surface area (Å²) in [5.41, 5.74) is 12.9. The molecular weight excluding hydrogens is 1390 g/mol. The average Bonchev–Trinajstić information content (AvgIpc) is 1.53. The molecule has 2 unspecified atom stereocenters. The van der Waals surface area contributed by atoms with E-state index in [4.69, 9.17) is 53.9 Å². The lowest BCUT2D eigenvalue weighted by molar-refractivity contribution is 0.594. The van der Waals surface area contributed by atoms with Crippen LogP contribution in [0.25, 0.3) is 24.2 Å². The van der Waals surface area contributed by atoms with Crippen molar-refractivity contribution in [2.24, 2.45) is 0 Å². The Morgan fingerprint density at radius 3 is 1.05 bits per heavy atom. The van der Waals surface area contributed by atoms with Crippen molar-refractivity contribution in [3.05, 3.63) is 412 Å². The number of halogens is 3. The predicted octanol–water partition coefficient (Wildman–Crippen LogP) is 16.8. The third-order valence-corrected chi connectivity index (χ3v) is 14.7. The van der Waals surface area contributed by atoms with Crippen LogP contribution in [0, 0.1) is 89.8 Å². The van der Waals surface area contributed by atoms with Crippen LogP contribution in [0.5, 0.6) is 0 Å². The highest BCUT2D eigenvalue weighted by molar-refractivity contribution is 9.08. The first-order chi connectivity index (χ1) is 51.4. The van der Waals surface area contributed by atoms with E-state index in [9.17, 15) is 8.78 Å². The lowest BCUT2D eigenvalue weighted by atomic mass is 9.97. The van der Waals surface area contributed by atoms with Gasteiger partial charge in [-0.2, -0.15) is 36.3 Å². The normalized spacial score (nSPS) is 10.0. The van der Waals surface area contributed by atoms with Crippen molar-refractivity contribution >= 4 is 44.4 Å². The number of alkyl halides is 1. The van der Waals surface area contributed by atoms with Crippen LogP contribution in [0.3, 0.4) is 0 Å². The Morgan fingerprint density at radius 1 is 0.381 bits per heavy atom. The molecule has 27 heteroatoms. The molecule has 2 atom stereocenters. The molecule has 0 aliphatic rings. The summed E-state index contributed by atoms with van der Waals surface area (Å²) in [4.78, 5) is 28.2. The largest absolute Gasteiger partial charge is 0.316 e. The quantitative estimate of drug-likeness (QED) is 0.0931. The fraction of sp³-hybridized carbons (Fsp3) is 0.0641. The summed E-state index contributed by atoms with van der Waals surface area (Å²) >= 11 is 3.33. The molecule has 0 saturated heterocycles. The molecule has 14 aromatic rings. The van der Waals surface area contributed by atoms with Gasteiger partial charge in [0.1, 0.15) is 80.9 Å². The highest BCUT2D eigenvalue weighted by atomic mass is 79.9. The molecule has 0 amide bonds. The molecule has 0 fully saturated rings. The number of aromatic amines is 1. The number of hydrogen-bond acceptors (Lipinski definition) is 14. The van der Waals surface area contributed by atoms with Gasteiger partial charge in [-0.05, 0) is 112 Å². The smallest absolute Gasteiger partial charge is 0.187 e. The summed E-state index contributed by atoms with van der Waals surface area (Å²) in [5.74, 6) is -0.622. The van der Waals surface area contributed by atoms with Crippen molar-refractivity contribution in [2.45, 2.75) is 30.5 Å². The van der Waals surface area contributed by atoms with E-state index in [1.54, 1.807) is 108 Å². The van der Waals surface area contributed by atoms with E-state index in [1.165, 1.54) is 79.4 Å². The molecule has 9 aromatic carbocycles. The number of nitrogens with one attached hydrogen (secondary N) is 1. The predicted molar refractivity (Wildman–Crippen MR) is 390 cm³/mol. The molecule has 5 aromatic heterocycles. The van der Waals surface area contributed by atoms with Crippen molar-refractivity contribution in [3.8, 4) is 24.3 Å². The van der Waals surface area contributed by atoms with Gasteiger partial charge in [0.2, 0.25) is 0 Å². The summed E-state index contributed by atoms with van der Waals surface area (Å²) < 4.78 is 31.5. The standard InChI is InChI=1S/2C17H11N5.2C10H8N4.C8H6BrN.2C7H4FN.C2H3N3/c1-19-16-8-6-15(7-9-16)17(22-11-20-21-12-22)14-4-2-13(10-18)3-5-14;1-19-16-8-6-15(7-9-16)17(22-12-20-11-21-22)14-4-2-13(10-18)3-5-14;1-11-10-4-2-9(3-5-10)6-14-7-12-13-8-14;1-11-10-4-2-9(3-5-10)6-14-8-12-7-13-14;1-10-8-4-2-7(6-9)3-5-8;2*8-7-3-1-6(5-9)2-4-7;1-3-2-5-4-1/h2*2-9,11-12,17H;2*2-5,7-8H,6H2;2-5H,6H2;2*1-4H;1-2H,(H,3,4,5). The zero-order valence-corrected chi connectivity index (χ0v) is 56.8. The van der Waals surface area contributed by atoms with Crippen LogP contribution in [0.15, 0.2) is 282 Å². The Labute approximate surface area is 611 Å². The molecule has 0 spiro atoms. The number of aromatic nitrogens is 15. The van der Waals surface area contributed by atoms with Crippen LogP contribution >= 0.6 is 15.9 Å². The molecule has 508 valence electrons. The number of H-pyrrole nitrogens is 1. The van der Waals surface area contributed by atoms with Gasteiger partial charge in [0, 0.05) is 11.9 Å². The lowest BCUT2D eigenvalue weighted by Gasteiger charge is -2.19. The van der Waals surface area contributed by atoms with Gasteiger partial charge in [-0.25, -0.2) is 57.3 Å². The summed E-state index contributed by atoms with van der Waals surface area (Å²) in [6.45, 7) is 35.8. The second-order valence-electron chi connectivity index (χ2n) is 21.0. The minimum Gasteiger partial charge on any atom is -0.316 e. The second-order valence-corrected chi connectivity index (χ2v) is 21.6. The number of nitriles is 4. The minimum atomic E-state index is -0.311. The molecular formula is C78H55BrF2N24. The topological polar surface area (TPSA) is 281 Å². The van der Waals surface area contributed by atoms with Crippen LogP contribution in [-0.2, 0) is 18.4 Å². The van der Waals surface area contributed by atoms with Crippen LogP contribution in [0.2, 0.25) is 0 Å². The van der Waals surface area contributed by atoms with E-state index < -0.39 is 0 Å². The van der Waals surface area contributed by atoms with Crippen molar-refractivity contribution in [1.29, 1.82) is 21.0 Å². The molecule has 0 aliphatic carbocycles. The highest BCUT2D eigenvalue weighted by Gasteiger charge is 2.18. The third kappa shape index (κ3) is 26.0. The number of benzene rings is 9. The zero-order chi connectivity index (χ0) is 74.6. The fourth-order valence-electron chi connectivity index (χ4n) is 8.91. The van der Waals surface area contributed by atoms with E-state index in [1.807, 2.05) is 130 Å². The first-order valence-corrected chi connectivity index (χ1v) is 31.9. The van der Waals surface area contributed by atoms with E-state index in [0.29, 0.717) is 57.2 Å². The lowest BCUT2D eigenvalue weighted by Crippen LogP contribution is -2.12. The molecule has 14 rings (SSSR count). The monoisotopic (exact) mass is 1440 g/mol. The number of nitrogens with zero attached hydrogens (tertiary/aromatic N) is 23. The molecule has 0 saturated carbocycles. The van der Waals surface area contributed by atoms with Gasteiger partial charge in [-0.3, -0.25) is 5.10 Å². The average molecular weight is 1450 g/mol. The summed E-state index contributed by atoms with van der Waals surface area (Å²) in [6.07, 6.45) is 15.9. The SMILES string of the molecule is N#Cc1ccc(F)cc1.N#Cc1ccc(F)cc1.[C-]#[N+]c1ccc(C(c2ccc(C#N)cc2)n2cncn2)cc1.[C-]#[N+]c1ccc(C(c2ccc(C#N)cc2)n2cnnc2)cc1.[C-]#[N+]c1ccc(CBr)cc1.[C-]#[N+]c1ccc(Cn2cncn2)cc1.[C-]#[N+]c1ccc(Cn2cnnc2)cc1.c1nc[nH]n1. The summed E-state index contributed by atoms with van der Waals surface area (Å²) in [5, 5.41) is 64.6. The van der Waals surface area contributed by atoms with Crippen molar-refractivity contribution in [2.75, 3.05) is 0 Å².